The molecule has 0 aromatic heterocycles. The molecule has 1 heterocycles. The predicted octanol–water partition coefficient (Wildman–Crippen LogP) is 0.533. The summed E-state index contributed by atoms with van der Waals surface area (Å²) in [5.74, 6) is -0.715. The van der Waals surface area contributed by atoms with Gasteiger partial charge in [-0.2, -0.15) is 0 Å². The number of nitrogens with zero attached hydrogens (tertiary/aromatic N) is 1. The third kappa shape index (κ3) is 2.69. The molecule has 2 N–H and O–H groups in total. The number of nitrogens with one attached hydrogen (secondary N) is 1. The molecule has 2 unspecified atom stereocenters. The molecule has 14 heavy (non-hydrogen) atoms. The molecule has 2 atom stereocenters. The number of carboxylic acids is 1. The largest absolute Gasteiger partial charge is 0.480 e. The molecule has 0 radical (unpaired) electrons. The Morgan fingerprint density at radius 3 is 2.93 bits per heavy atom. The summed E-state index contributed by atoms with van der Waals surface area (Å²) in [6.45, 7) is 3.58. The van der Waals surface area contributed by atoms with E-state index in [0.717, 1.165) is 25.9 Å². The first kappa shape index (κ1) is 11.5. The van der Waals surface area contributed by atoms with Crippen LogP contribution in [0.2, 0.25) is 0 Å². The minimum Gasteiger partial charge on any atom is -0.480 e. The second-order valence-corrected chi connectivity index (χ2v) is 3.96. The molecule has 0 aliphatic carbocycles. The van der Waals surface area contributed by atoms with Gasteiger partial charge in [-0.05, 0) is 33.4 Å². The lowest BCUT2D eigenvalue weighted by atomic mass is 10.00. The Balaban J connectivity index is 2.57. The van der Waals surface area contributed by atoms with Crippen LogP contribution in [0.5, 0.6) is 0 Å². The topological polar surface area (TPSA) is 52.6 Å². The van der Waals surface area contributed by atoms with Gasteiger partial charge in [0, 0.05) is 12.6 Å². The molecule has 0 amide bonds. The molecular formula is C10H20N2O2. The number of piperidine rings is 1. The molecular weight excluding hydrogens is 180 g/mol. The first-order valence-corrected chi connectivity index (χ1v) is 5.30. The second kappa shape index (κ2) is 5.32. The molecule has 82 valence electrons. The smallest absolute Gasteiger partial charge is 0.320 e. The van der Waals surface area contributed by atoms with Crippen molar-refractivity contribution in [2.24, 2.45) is 0 Å². The fourth-order valence-corrected chi connectivity index (χ4v) is 2.13. The van der Waals surface area contributed by atoms with Gasteiger partial charge in [-0.1, -0.05) is 6.42 Å². The maximum atomic E-state index is 10.9. The lowest BCUT2D eigenvalue weighted by Gasteiger charge is -2.38. The SMILES string of the molecule is CNCC1CCCCN1C(C)C(=O)O. The van der Waals surface area contributed by atoms with Crippen molar-refractivity contribution >= 4 is 5.97 Å². The second-order valence-electron chi connectivity index (χ2n) is 3.96. The number of carboxylic acid groups (broad SMARTS) is 1. The summed E-state index contributed by atoms with van der Waals surface area (Å²) >= 11 is 0. The molecule has 0 aromatic carbocycles. The van der Waals surface area contributed by atoms with Gasteiger partial charge in [-0.15, -0.1) is 0 Å². The maximum absolute atomic E-state index is 10.9. The van der Waals surface area contributed by atoms with E-state index in [0.29, 0.717) is 6.04 Å². The highest BCUT2D eigenvalue weighted by Gasteiger charge is 2.29. The average molecular weight is 200 g/mol. The number of hydrogen-bond acceptors (Lipinski definition) is 3. The van der Waals surface area contributed by atoms with Crippen molar-refractivity contribution in [2.75, 3.05) is 20.1 Å². The highest BCUT2D eigenvalue weighted by Crippen LogP contribution is 2.19. The first-order valence-electron chi connectivity index (χ1n) is 5.30. The van der Waals surface area contributed by atoms with E-state index in [1.54, 1.807) is 6.92 Å². The summed E-state index contributed by atoms with van der Waals surface area (Å²) in [7, 11) is 1.91. The zero-order valence-corrected chi connectivity index (χ0v) is 8.99. The van der Waals surface area contributed by atoms with Gasteiger partial charge in [-0.25, -0.2) is 0 Å². The Labute approximate surface area is 85.3 Å². The average Bonchev–Trinajstić information content (AvgIpc) is 2.18. The number of carbonyl (C=O) groups is 1. The van der Waals surface area contributed by atoms with Crippen molar-refractivity contribution in [1.29, 1.82) is 0 Å². The third-order valence-electron chi connectivity index (χ3n) is 2.97. The summed E-state index contributed by atoms with van der Waals surface area (Å²) < 4.78 is 0. The van der Waals surface area contributed by atoms with Gasteiger partial charge in [0.25, 0.3) is 0 Å². The molecule has 1 aliphatic rings. The number of likely N-dealkylation sites (tertiary alicyclic amines) is 1. The van der Waals surface area contributed by atoms with Crippen LogP contribution in [0.1, 0.15) is 26.2 Å². The highest BCUT2D eigenvalue weighted by molar-refractivity contribution is 5.72. The number of aliphatic carboxylic acids is 1. The fraction of sp³-hybridized carbons (Fsp3) is 0.900. The molecule has 4 heteroatoms. The van der Waals surface area contributed by atoms with E-state index in [9.17, 15) is 4.79 Å². The predicted molar refractivity (Wildman–Crippen MR) is 55.4 cm³/mol. The van der Waals surface area contributed by atoms with Crippen LogP contribution in [0.4, 0.5) is 0 Å². The van der Waals surface area contributed by atoms with Gasteiger partial charge >= 0.3 is 5.97 Å². The molecule has 1 rings (SSSR count). The number of hydrogen-bond donors (Lipinski definition) is 2. The summed E-state index contributed by atoms with van der Waals surface area (Å²) in [5, 5.41) is 12.1. The Morgan fingerprint density at radius 1 is 1.64 bits per heavy atom. The molecule has 0 aromatic rings. The van der Waals surface area contributed by atoms with Crippen LogP contribution in [-0.4, -0.2) is 48.2 Å². The first-order chi connectivity index (χ1) is 6.66. The van der Waals surface area contributed by atoms with E-state index in [-0.39, 0.29) is 6.04 Å². The van der Waals surface area contributed by atoms with Crippen LogP contribution < -0.4 is 5.32 Å². The van der Waals surface area contributed by atoms with Crippen molar-refractivity contribution in [3.05, 3.63) is 0 Å². The van der Waals surface area contributed by atoms with Gasteiger partial charge in [0.05, 0.1) is 0 Å². The van der Waals surface area contributed by atoms with Gasteiger partial charge < -0.3 is 10.4 Å². The van der Waals surface area contributed by atoms with Gasteiger partial charge in [-0.3, -0.25) is 9.69 Å². The molecule has 0 spiro atoms. The summed E-state index contributed by atoms with van der Waals surface area (Å²) in [6, 6.07) is 0.0356. The normalized spacial score (nSPS) is 26.0. The Kier molecular flexibility index (Phi) is 4.35. The van der Waals surface area contributed by atoms with Crippen LogP contribution in [0, 0.1) is 0 Å². The van der Waals surface area contributed by atoms with Gasteiger partial charge in [0.15, 0.2) is 0 Å². The van der Waals surface area contributed by atoms with E-state index in [1.807, 2.05) is 7.05 Å². The van der Waals surface area contributed by atoms with Crippen LogP contribution in [0.15, 0.2) is 0 Å². The van der Waals surface area contributed by atoms with Crippen molar-refractivity contribution in [3.8, 4) is 0 Å². The van der Waals surface area contributed by atoms with Crippen LogP contribution in [0.3, 0.4) is 0 Å². The minimum atomic E-state index is -0.715. The molecule has 1 saturated heterocycles. The summed E-state index contributed by atoms with van der Waals surface area (Å²) in [6.07, 6.45) is 3.45. The lowest BCUT2D eigenvalue weighted by molar-refractivity contribution is -0.144. The van der Waals surface area contributed by atoms with E-state index >= 15 is 0 Å². The number of rotatable bonds is 4. The van der Waals surface area contributed by atoms with E-state index < -0.39 is 5.97 Å². The Morgan fingerprint density at radius 2 is 2.36 bits per heavy atom. The van der Waals surface area contributed by atoms with E-state index in [4.69, 9.17) is 5.11 Å². The highest BCUT2D eigenvalue weighted by atomic mass is 16.4. The molecule has 0 saturated carbocycles. The Bertz CT molecular complexity index is 195. The summed E-state index contributed by atoms with van der Waals surface area (Å²) in [4.78, 5) is 13.0. The van der Waals surface area contributed by atoms with E-state index in [1.165, 1.54) is 6.42 Å². The standard InChI is InChI=1S/C10H20N2O2/c1-8(10(13)14)12-6-4-3-5-9(12)7-11-2/h8-9,11H,3-7H2,1-2H3,(H,13,14). The Hall–Kier alpha value is -0.610. The van der Waals surface area contributed by atoms with E-state index in [2.05, 4.69) is 10.2 Å². The van der Waals surface area contributed by atoms with Crippen LogP contribution in [-0.2, 0) is 4.79 Å². The third-order valence-corrected chi connectivity index (χ3v) is 2.97. The minimum absolute atomic E-state index is 0.353. The molecule has 1 aliphatic heterocycles. The lowest BCUT2D eigenvalue weighted by Crippen LogP contribution is -2.51. The van der Waals surface area contributed by atoms with Gasteiger partial charge in [0.2, 0.25) is 0 Å². The van der Waals surface area contributed by atoms with Gasteiger partial charge in [0.1, 0.15) is 6.04 Å². The molecule has 1 fully saturated rings. The monoisotopic (exact) mass is 200 g/mol. The van der Waals surface area contributed by atoms with Crippen molar-refractivity contribution < 1.29 is 9.90 Å². The van der Waals surface area contributed by atoms with Crippen LogP contribution in [0.25, 0.3) is 0 Å². The summed E-state index contributed by atoms with van der Waals surface area (Å²) in [5.41, 5.74) is 0. The van der Waals surface area contributed by atoms with Crippen LogP contribution >= 0.6 is 0 Å². The quantitative estimate of drug-likeness (QED) is 0.695. The zero-order chi connectivity index (χ0) is 10.6. The van der Waals surface area contributed by atoms with Crippen molar-refractivity contribution in [3.63, 3.8) is 0 Å². The molecule has 0 bridgehead atoms. The fourth-order valence-electron chi connectivity index (χ4n) is 2.13. The number of likely N-dealkylation sites (N-methyl/N-ethyl adjacent to an activating group) is 1. The molecule has 4 nitrogen and oxygen atoms in total. The maximum Gasteiger partial charge on any atom is 0.320 e. The van der Waals surface area contributed by atoms with Crippen molar-refractivity contribution in [1.82, 2.24) is 10.2 Å². The van der Waals surface area contributed by atoms with Crippen molar-refractivity contribution in [2.45, 2.75) is 38.3 Å². The zero-order valence-electron chi connectivity index (χ0n) is 8.99.